The number of fused-ring (bicyclic) bond motifs is 1. The minimum absolute atomic E-state index is 0.977. The standard InChI is InChI=1S/C10H10N2/c1-3-9-7-11-10-6-8(2)4-5-12(9)10/h3-7H,1H2,2H3. The number of hydrogen-bond acceptors (Lipinski definition) is 1. The second kappa shape index (κ2) is 2.48. The molecule has 2 aromatic heterocycles. The van der Waals surface area contributed by atoms with Crippen molar-refractivity contribution in [2.45, 2.75) is 6.92 Å². The molecule has 2 nitrogen and oxygen atoms in total. The first-order valence-corrected chi connectivity index (χ1v) is 3.87. The summed E-state index contributed by atoms with van der Waals surface area (Å²) in [7, 11) is 0. The molecule has 0 N–H and O–H groups in total. The lowest BCUT2D eigenvalue weighted by atomic mass is 10.3. The van der Waals surface area contributed by atoms with E-state index in [2.05, 4.69) is 24.6 Å². The van der Waals surface area contributed by atoms with Crippen molar-refractivity contribution >= 4 is 11.7 Å². The summed E-state index contributed by atoms with van der Waals surface area (Å²) in [6.07, 6.45) is 5.63. The largest absolute Gasteiger partial charge is 0.300 e. The van der Waals surface area contributed by atoms with E-state index in [0.29, 0.717) is 0 Å². The smallest absolute Gasteiger partial charge is 0.137 e. The van der Waals surface area contributed by atoms with E-state index in [0.717, 1.165) is 11.3 Å². The zero-order valence-electron chi connectivity index (χ0n) is 6.99. The Morgan fingerprint density at radius 2 is 2.42 bits per heavy atom. The fourth-order valence-corrected chi connectivity index (χ4v) is 1.25. The molecule has 0 saturated carbocycles. The van der Waals surface area contributed by atoms with E-state index in [1.54, 1.807) is 6.08 Å². The molecule has 0 aliphatic rings. The average molecular weight is 158 g/mol. The predicted molar refractivity (Wildman–Crippen MR) is 50.0 cm³/mol. The van der Waals surface area contributed by atoms with Crippen LogP contribution < -0.4 is 0 Å². The fraction of sp³-hybridized carbons (Fsp3) is 0.100. The van der Waals surface area contributed by atoms with Gasteiger partial charge in [-0.2, -0.15) is 0 Å². The van der Waals surface area contributed by atoms with Crippen LogP contribution in [0.2, 0.25) is 0 Å². The van der Waals surface area contributed by atoms with Gasteiger partial charge in [-0.15, -0.1) is 0 Å². The van der Waals surface area contributed by atoms with Crippen molar-refractivity contribution in [3.63, 3.8) is 0 Å². The minimum Gasteiger partial charge on any atom is -0.300 e. The van der Waals surface area contributed by atoms with Crippen molar-refractivity contribution in [2.24, 2.45) is 0 Å². The highest BCUT2D eigenvalue weighted by Crippen LogP contribution is 2.09. The molecule has 0 fully saturated rings. The number of imidazole rings is 1. The average Bonchev–Trinajstić information content (AvgIpc) is 2.46. The van der Waals surface area contributed by atoms with E-state index in [-0.39, 0.29) is 0 Å². The molecule has 0 bridgehead atoms. The third-order valence-electron chi connectivity index (χ3n) is 1.91. The van der Waals surface area contributed by atoms with Gasteiger partial charge >= 0.3 is 0 Å². The highest BCUT2D eigenvalue weighted by Gasteiger charge is 1.97. The lowest BCUT2D eigenvalue weighted by Crippen LogP contribution is -1.86. The lowest BCUT2D eigenvalue weighted by molar-refractivity contribution is 1.15. The van der Waals surface area contributed by atoms with Gasteiger partial charge in [-0.1, -0.05) is 6.58 Å². The molecular formula is C10H10N2. The van der Waals surface area contributed by atoms with Gasteiger partial charge in [0, 0.05) is 6.20 Å². The first kappa shape index (κ1) is 7.10. The predicted octanol–water partition coefficient (Wildman–Crippen LogP) is 2.29. The third kappa shape index (κ3) is 0.925. The third-order valence-corrected chi connectivity index (χ3v) is 1.91. The van der Waals surface area contributed by atoms with Gasteiger partial charge in [-0.25, -0.2) is 4.98 Å². The van der Waals surface area contributed by atoms with E-state index >= 15 is 0 Å². The van der Waals surface area contributed by atoms with Gasteiger partial charge in [0.05, 0.1) is 11.9 Å². The molecule has 0 aliphatic heterocycles. The van der Waals surface area contributed by atoms with Gasteiger partial charge in [-0.05, 0) is 30.7 Å². The van der Waals surface area contributed by atoms with Crippen LogP contribution in [0.4, 0.5) is 0 Å². The summed E-state index contributed by atoms with van der Waals surface area (Å²) in [4.78, 5) is 4.24. The zero-order chi connectivity index (χ0) is 8.55. The van der Waals surface area contributed by atoms with Crippen molar-refractivity contribution in [3.8, 4) is 0 Å². The summed E-state index contributed by atoms with van der Waals surface area (Å²) in [6.45, 7) is 5.77. The zero-order valence-corrected chi connectivity index (χ0v) is 6.99. The molecule has 2 heteroatoms. The number of aromatic nitrogens is 2. The normalized spacial score (nSPS) is 10.4. The SMILES string of the molecule is C=Cc1cnc2cc(C)ccn12. The Kier molecular flexibility index (Phi) is 1.47. The highest BCUT2D eigenvalue weighted by atomic mass is 15.0. The Morgan fingerprint density at radius 3 is 3.17 bits per heavy atom. The second-order valence-corrected chi connectivity index (χ2v) is 2.82. The summed E-state index contributed by atoms with van der Waals surface area (Å²) in [5.74, 6) is 0. The van der Waals surface area contributed by atoms with Crippen LogP contribution in [0.3, 0.4) is 0 Å². The van der Waals surface area contributed by atoms with Gasteiger partial charge in [0.1, 0.15) is 5.65 Å². The summed E-state index contributed by atoms with van der Waals surface area (Å²) in [6, 6.07) is 4.11. The second-order valence-electron chi connectivity index (χ2n) is 2.82. The Balaban J connectivity index is 2.81. The quantitative estimate of drug-likeness (QED) is 0.622. The van der Waals surface area contributed by atoms with Gasteiger partial charge in [0.15, 0.2) is 0 Å². The molecule has 0 aromatic carbocycles. The Hall–Kier alpha value is -1.57. The number of nitrogens with zero attached hydrogens (tertiary/aromatic N) is 2. The van der Waals surface area contributed by atoms with Gasteiger partial charge in [-0.3, -0.25) is 0 Å². The van der Waals surface area contributed by atoms with E-state index < -0.39 is 0 Å². The molecule has 0 unspecified atom stereocenters. The summed E-state index contributed by atoms with van der Waals surface area (Å²) < 4.78 is 2.01. The molecule has 2 rings (SSSR count). The van der Waals surface area contributed by atoms with E-state index in [1.165, 1.54) is 5.56 Å². The van der Waals surface area contributed by atoms with Crippen molar-refractivity contribution in [1.82, 2.24) is 9.38 Å². The van der Waals surface area contributed by atoms with Gasteiger partial charge in [0.25, 0.3) is 0 Å². The van der Waals surface area contributed by atoms with Crippen molar-refractivity contribution < 1.29 is 0 Å². The molecule has 2 aromatic rings. The molecule has 0 aliphatic carbocycles. The summed E-state index contributed by atoms with van der Waals surface area (Å²) >= 11 is 0. The van der Waals surface area contributed by atoms with Crippen LogP contribution in [0.25, 0.3) is 11.7 Å². The van der Waals surface area contributed by atoms with Crippen molar-refractivity contribution in [1.29, 1.82) is 0 Å². The highest BCUT2D eigenvalue weighted by molar-refractivity contribution is 5.51. The molecule has 0 saturated heterocycles. The van der Waals surface area contributed by atoms with E-state index in [4.69, 9.17) is 0 Å². The maximum atomic E-state index is 4.24. The summed E-state index contributed by atoms with van der Waals surface area (Å²) in [5, 5.41) is 0. The van der Waals surface area contributed by atoms with Crippen LogP contribution in [0.1, 0.15) is 11.3 Å². The molecule has 0 radical (unpaired) electrons. The molecule has 0 amide bonds. The van der Waals surface area contributed by atoms with Crippen molar-refractivity contribution in [2.75, 3.05) is 0 Å². The number of hydrogen-bond donors (Lipinski definition) is 0. The minimum atomic E-state index is 0.977. The maximum Gasteiger partial charge on any atom is 0.137 e. The van der Waals surface area contributed by atoms with Crippen LogP contribution in [0.5, 0.6) is 0 Å². The van der Waals surface area contributed by atoms with E-state index in [9.17, 15) is 0 Å². The molecular weight excluding hydrogens is 148 g/mol. The number of aryl methyl sites for hydroxylation is 1. The van der Waals surface area contributed by atoms with Crippen molar-refractivity contribution in [3.05, 3.63) is 42.4 Å². The fourth-order valence-electron chi connectivity index (χ4n) is 1.25. The first-order chi connectivity index (χ1) is 5.81. The Morgan fingerprint density at radius 1 is 1.58 bits per heavy atom. The van der Waals surface area contributed by atoms with Crippen LogP contribution in [-0.2, 0) is 0 Å². The van der Waals surface area contributed by atoms with Gasteiger partial charge in [0.2, 0.25) is 0 Å². The van der Waals surface area contributed by atoms with E-state index in [1.807, 2.05) is 22.9 Å². The lowest BCUT2D eigenvalue weighted by Gasteiger charge is -1.96. The number of pyridine rings is 1. The van der Waals surface area contributed by atoms with Crippen LogP contribution >= 0.6 is 0 Å². The molecule has 12 heavy (non-hydrogen) atoms. The molecule has 60 valence electrons. The van der Waals surface area contributed by atoms with Crippen LogP contribution in [0, 0.1) is 6.92 Å². The topological polar surface area (TPSA) is 17.3 Å². The molecule has 2 heterocycles. The Labute approximate surface area is 71.2 Å². The first-order valence-electron chi connectivity index (χ1n) is 3.87. The van der Waals surface area contributed by atoms with Crippen LogP contribution in [0.15, 0.2) is 31.1 Å². The Bertz CT molecular complexity index is 426. The monoisotopic (exact) mass is 158 g/mol. The molecule has 0 atom stereocenters. The van der Waals surface area contributed by atoms with Gasteiger partial charge < -0.3 is 4.40 Å². The van der Waals surface area contributed by atoms with Crippen LogP contribution in [-0.4, -0.2) is 9.38 Å². The molecule has 0 spiro atoms. The summed E-state index contributed by atoms with van der Waals surface area (Å²) in [5.41, 5.74) is 3.23. The number of rotatable bonds is 1. The maximum absolute atomic E-state index is 4.24.